The molecule has 0 radical (unpaired) electrons. The molecule has 1 saturated heterocycles. The van der Waals surface area contributed by atoms with Gasteiger partial charge in [0.15, 0.2) is 0 Å². The third kappa shape index (κ3) is 2.39. The van der Waals surface area contributed by atoms with E-state index in [0.717, 1.165) is 13.0 Å². The Labute approximate surface area is 99.7 Å². The third-order valence-electron chi connectivity index (χ3n) is 3.22. The molecule has 0 amide bonds. The molecule has 1 aromatic heterocycles. The number of aromatic carboxylic acids is 1. The first-order valence-corrected chi connectivity index (χ1v) is 5.71. The van der Waals surface area contributed by atoms with Gasteiger partial charge in [-0.25, -0.2) is 9.78 Å². The summed E-state index contributed by atoms with van der Waals surface area (Å²) in [5.74, 6) is -0.268. The number of aromatic nitrogens is 1. The molecule has 1 aliphatic heterocycles. The SMILES string of the molecule is C[C@@H](O)[C@H]1CCN(c2ncccc2C(=O)O)C1. The van der Waals surface area contributed by atoms with Gasteiger partial charge in [-0.3, -0.25) is 0 Å². The Kier molecular flexibility index (Phi) is 3.28. The van der Waals surface area contributed by atoms with E-state index in [0.29, 0.717) is 12.4 Å². The highest BCUT2D eigenvalue weighted by atomic mass is 16.4. The lowest BCUT2D eigenvalue weighted by Crippen LogP contribution is -2.26. The van der Waals surface area contributed by atoms with Gasteiger partial charge in [-0.05, 0) is 25.5 Å². The molecule has 0 saturated carbocycles. The second-order valence-electron chi connectivity index (χ2n) is 4.42. The molecule has 0 bridgehead atoms. The summed E-state index contributed by atoms with van der Waals surface area (Å²) in [4.78, 5) is 17.1. The van der Waals surface area contributed by atoms with Crippen LogP contribution >= 0.6 is 0 Å². The van der Waals surface area contributed by atoms with Gasteiger partial charge in [0.2, 0.25) is 0 Å². The number of carboxylic acids is 1. The van der Waals surface area contributed by atoms with Crippen molar-refractivity contribution in [3.05, 3.63) is 23.9 Å². The lowest BCUT2D eigenvalue weighted by molar-refractivity contribution is 0.0697. The van der Waals surface area contributed by atoms with Crippen molar-refractivity contribution in [2.75, 3.05) is 18.0 Å². The number of hydrogen-bond acceptors (Lipinski definition) is 4. The van der Waals surface area contributed by atoms with Crippen molar-refractivity contribution in [2.24, 2.45) is 5.92 Å². The Hall–Kier alpha value is -1.62. The molecule has 92 valence electrons. The monoisotopic (exact) mass is 236 g/mol. The van der Waals surface area contributed by atoms with E-state index < -0.39 is 5.97 Å². The Bertz CT molecular complexity index is 420. The summed E-state index contributed by atoms with van der Waals surface area (Å²) >= 11 is 0. The number of nitrogens with zero attached hydrogens (tertiary/aromatic N) is 2. The molecule has 5 nitrogen and oxygen atoms in total. The Morgan fingerprint density at radius 3 is 3.00 bits per heavy atom. The van der Waals surface area contributed by atoms with Crippen LogP contribution in [0.4, 0.5) is 5.82 Å². The van der Waals surface area contributed by atoms with Gasteiger partial charge < -0.3 is 15.1 Å². The van der Waals surface area contributed by atoms with Gasteiger partial charge in [0.1, 0.15) is 11.4 Å². The van der Waals surface area contributed by atoms with E-state index in [1.165, 1.54) is 0 Å². The highest BCUT2D eigenvalue weighted by Gasteiger charge is 2.28. The maximum atomic E-state index is 11.1. The van der Waals surface area contributed by atoms with Crippen molar-refractivity contribution in [3.63, 3.8) is 0 Å². The summed E-state index contributed by atoms with van der Waals surface area (Å²) in [6, 6.07) is 3.18. The molecule has 0 unspecified atom stereocenters. The normalized spacial score (nSPS) is 21.5. The van der Waals surface area contributed by atoms with Crippen molar-refractivity contribution in [1.29, 1.82) is 0 Å². The fourth-order valence-corrected chi connectivity index (χ4v) is 2.19. The molecular formula is C12H16N2O3. The van der Waals surface area contributed by atoms with Gasteiger partial charge in [0.05, 0.1) is 6.10 Å². The van der Waals surface area contributed by atoms with Crippen LogP contribution in [0.3, 0.4) is 0 Å². The molecule has 0 aromatic carbocycles. The molecular weight excluding hydrogens is 220 g/mol. The largest absolute Gasteiger partial charge is 0.478 e. The van der Waals surface area contributed by atoms with Crippen LogP contribution in [0.2, 0.25) is 0 Å². The summed E-state index contributed by atoms with van der Waals surface area (Å²) in [6.45, 7) is 3.17. The smallest absolute Gasteiger partial charge is 0.339 e. The molecule has 2 heterocycles. The first kappa shape index (κ1) is 11.9. The van der Waals surface area contributed by atoms with Crippen LogP contribution in [-0.4, -0.2) is 40.4 Å². The second kappa shape index (κ2) is 4.71. The number of carbonyl (C=O) groups is 1. The standard InChI is InChI=1S/C12H16N2O3/c1-8(15)9-4-6-14(7-9)11-10(12(16)17)3-2-5-13-11/h2-3,5,8-9,15H,4,6-7H2,1H3,(H,16,17)/t8-,9+/m1/s1. The molecule has 2 atom stereocenters. The summed E-state index contributed by atoms with van der Waals surface area (Å²) < 4.78 is 0. The number of rotatable bonds is 3. The Balaban J connectivity index is 2.21. The lowest BCUT2D eigenvalue weighted by Gasteiger charge is -2.20. The summed E-state index contributed by atoms with van der Waals surface area (Å²) in [6.07, 6.45) is 2.10. The average molecular weight is 236 g/mol. The number of aliphatic hydroxyl groups excluding tert-OH is 1. The van der Waals surface area contributed by atoms with E-state index in [1.807, 2.05) is 4.90 Å². The third-order valence-corrected chi connectivity index (χ3v) is 3.22. The van der Waals surface area contributed by atoms with Crippen molar-refractivity contribution < 1.29 is 15.0 Å². The topological polar surface area (TPSA) is 73.7 Å². The van der Waals surface area contributed by atoms with Crippen LogP contribution in [0.15, 0.2) is 18.3 Å². The molecule has 2 N–H and O–H groups in total. The van der Waals surface area contributed by atoms with E-state index in [9.17, 15) is 9.90 Å². The van der Waals surface area contributed by atoms with Gasteiger partial charge in [-0.15, -0.1) is 0 Å². The summed E-state index contributed by atoms with van der Waals surface area (Å²) in [5.41, 5.74) is 0.221. The minimum Gasteiger partial charge on any atom is -0.478 e. The molecule has 17 heavy (non-hydrogen) atoms. The fourth-order valence-electron chi connectivity index (χ4n) is 2.19. The first-order valence-electron chi connectivity index (χ1n) is 5.71. The quantitative estimate of drug-likeness (QED) is 0.818. The minimum absolute atomic E-state index is 0.193. The van der Waals surface area contributed by atoms with Crippen LogP contribution in [0.1, 0.15) is 23.7 Å². The minimum atomic E-state index is -0.964. The summed E-state index contributed by atoms with van der Waals surface area (Å²) in [5, 5.41) is 18.6. The van der Waals surface area contributed by atoms with Gasteiger partial charge in [-0.2, -0.15) is 0 Å². The van der Waals surface area contributed by atoms with Crippen molar-refractivity contribution in [1.82, 2.24) is 4.98 Å². The van der Waals surface area contributed by atoms with Gasteiger partial charge >= 0.3 is 5.97 Å². The predicted molar refractivity (Wildman–Crippen MR) is 63.2 cm³/mol. The predicted octanol–water partition coefficient (Wildman–Crippen LogP) is 0.987. The molecule has 0 aliphatic carbocycles. The summed E-state index contributed by atoms with van der Waals surface area (Å²) in [7, 11) is 0. The number of aliphatic hydroxyl groups is 1. The van der Waals surface area contributed by atoms with E-state index in [2.05, 4.69) is 4.98 Å². The Morgan fingerprint density at radius 1 is 1.65 bits per heavy atom. The molecule has 2 rings (SSSR count). The molecule has 1 fully saturated rings. The number of hydrogen-bond donors (Lipinski definition) is 2. The zero-order valence-corrected chi connectivity index (χ0v) is 9.71. The number of carboxylic acid groups (broad SMARTS) is 1. The Morgan fingerprint density at radius 2 is 2.41 bits per heavy atom. The van der Waals surface area contributed by atoms with Gasteiger partial charge in [-0.1, -0.05) is 0 Å². The zero-order chi connectivity index (χ0) is 12.4. The molecule has 0 spiro atoms. The van der Waals surface area contributed by atoms with Crippen molar-refractivity contribution in [2.45, 2.75) is 19.4 Å². The zero-order valence-electron chi connectivity index (χ0n) is 9.71. The first-order chi connectivity index (χ1) is 8.09. The maximum absolute atomic E-state index is 11.1. The molecule has 1 aliphatic rings. The highest BCUT2D eigenvalue weighted by molar-refractivity contribution is 5.93. The number of pyridine rings is 1. The average Bonchev–Trinajstić information content (AvgIpc) is 2.78. The van der Waals surface area contributed by atoms with Crippen LogP contribution in [0, 0.1) is 5.92 Å². The van der Waals surface area contributed by atoms with Crippen LogP contribution in [0.25, 0.3) is 0 Å². The van der Waals surface area contributed by atoms with E-state index in [1.54, 1.807) is 25.3 Å². The van der Waals surface area contributed by atoms with Gasteiger partial charge in [0.25, 0.3) is 0 Å². The van der Waals surface area contributed by atoms with Crippen LogP contribution < -0.4 is 4.90 Å². The second-order valence-corrected chi connectivity index (χ2v) is 4.42. The lowest BCUT2D eigenvalue weighted by atomic mass is 10.0. The highest BCUT2D eigenvalue weighted by Crippen LogP contribution is 2.26. The van der Waals surface area contributed by atoms with Crippen LogP contribution in [0.5, 0.6) is 0 Å². The number of anilines is 1. The van der Waals surface area contributed by atoms with Crippen molar-refractivity contribution >= 4 is 11.8 Å². The van der Waals surface area contributed by atoms with Gasteiger partial charge in [0, 0.05) is 25.2 Å². The molecule has 1 aromatic rings. The van der Waals surface area contributed by atoms with Crippen LogP contribution in [-0.2, 0) is 0 Å². The van der Waals surface area contributed by atoms with Crippen molar-refractivity contribution in [3.8, 4) is 0 Å². The van der Waals surface area contributed by atoms with E-state index in [-0.39, 0.29) is 17.6 Å². The van der Waals surface area contributed by atoms with E-state index >= 15 is 0 Å². The van der Waals surface area contributed by atoms with E-state index in [4.69, 9.17) is 5.11 Å². The fraction of sp³-hybridized carbons (Fsp3) is 0.500. The molecule has 5 heteroatoms. The maximum Gasteiger partial charge on any atom is 0.339 e.